The van der Waals surface area contributed by atoms with Crippen LogP contribution in [-0.4, -0.2) is 53.6 Å². The van der Waals surface area contributed by atoms with Crippen molar-refractivity contribution in [1.29, 1.82) is 0 Å². The molecular formula is C19H27IN4O3S. The largest absolute Gasteiger partial charge is 0.492 e. The fraction of sp³-hybridized carbons (Fsp3) is 0.316. The number of hydrogen-bond acceptors (Lipinski definition) is 4. The number of guanidine groups is 1. The van der Waals surface area contributed by atoms with Crippen molar-refractivity contribution in [3.8, 4) is 5.75 Å². The van der Waals surface area contributed by atoms with Crippen molar-refractivity contribution in [3.05, 3.63) is 60.2 Å². The molecule has 2 aromatic rings. The van der Waals surface area contributed by atoms with E-state index in [1.165, 1.54) is 7.05 Å². The molecule has 154 valence electrons. The SMILES string of the molecule is CN=C(NCc1ccc(S(=O)(=O)NC)cc1)N(C)CCOc1ccccc1.I. The van der Waals surface area contributed by atoms with Crippen LogP contribution in [0.4, 0.5) is 0 Å². The topological polar surface area (TPSA) is 83.0 Å². The second-order valence-corrected chi connectivity index (χ2v) is 7.72. The number of aliphatic imine (C=N–C) groups is 1. The lowest BCUT2D eigenvalue weighted by Gasteiger charge is -2.22. The van der Waals surface area contributed by atoms with Crippen molar-refractivity contribution in [2.24, 2.45) is 4.99 Å². The summed E-state index contributed by atoms with van der Waals surface area (Å²) >= 11 is 0. The molecule has 28 heavy (non-hydrogen) atoms. The lowest BCUT2D eigenvalue weighted by Crippen LogP contribution is -2.40. The van der Waals surface area contributed by atoms with Crippen molar-refractivity contribution >= 4 is 40.0 Å². The van der Waals surface area contributed by atoms with Crippen LogP contribution in [0.25, 0.3) is 0 Å². The van der Waals surface area contributed by atoms with Crippen LogP contribution >= 0.6 is 24.0 Å². The third-order valence-electron chi connectivity index (χ3n) is 3.97. The van der Waals surface area contributed by atoms with Gasteiger partial charge < -0.3 is 15.0 Å². The molecule has 0 aromatic heterocycles. The molecule has 0 unspecified atom stereocenters. The van der Waals surface area contributed by atoms with Gasteiger partial charge in [0.05, 0.1) is 11.4 Å². The number of nitrogens with zero attached hydrogens (tertiary/aromatic N) is 2. The number of para-hydroxylation sites is 1. The molecule has 0 atom stereocenters. The highest BCUT2D eigenvalue weighted by atomic mass is 127. The molecule has 2 aromatic carbocycles. The van der Waals surface area contributed by atoms with Crippen molar-refractivity contribution in [1.82, 2.24) is 14.9 Å². The Bertz CT molecular complexity index is 843. The van der Waals surface area contributed by atoms with Crippen LogP contribution in [0.5, 0.6) is 5.75 Å². The van der Waals surface area contributed by atoms with Gasteiger partial charge in [0.25, 0.3) is 0 Å². The van der Waals surface area contributed by atoms with Gasteiger partial charge in [-0.3, -0.25) is 4.99 Å². The minimum Gasteiger partial charge on any atom is -0.492 e. The maximum Gasteiger partial charge on any atom is 0.240 e. The summed E-state index contributed by atoms with van der Waals surface area (Å²) in [6, 6.07) is 16.4. The third kappa shape index (κ3) is 7.28. The molecule has 0 saturated heterocycles. The van der Waals surface area contributed by atoms with Crippen LogP contribution in [0.2, 0.25) is 0 Å². The molecule has 2 rings (SSSR count). The molecule has 0 radical (unpaired) electrons. The molecule has 9 heteroatoms. The first-order valence-corrected chi connectivity index (χ1v) is 10.1. The van der Waals surface area contributed by atoms with E-state index in [-0.39, 0.29) is 28.9 Å². The Balaban J connectivity index is 0.00000392. The summed E-state index contributed by atoms with van der Waals surface area (Å²) in [6.07, 6.45) is 0. The Morgan fingerprint density at radius 3 is 2.32 bits per heavy atom. The molecule has 0 bridgehead atoms. The maximum atomic E-state index is 11.8. The van der Waals surface area contributed by atoms with E-state index in [4.69, 9.17) is 4.74 Å². The van der Waals surface area contributed by atoms with E-state index < -0.39 is 10.0 Å². The van der Waals surface area contributed by atoms with Gasteiger partial charge in [0.2, 0.25) is 10.0 Å². The predicted octanol–water partition coefficient (Wildman–Crippen LogP) is 2.30. The Hall–Kier alpha value is -1.85. The van der Waals surface area contributed by atoms with Gasteiger partial charge in [-0.25, -0.2) is 13.1 Å². The van der Waals surface area contributed by atoms with Crippen LogP contribution in [-0.2, 0) is 16.6 Å². The van der Waals surface area contributed by atoms with Crippen LogP contribution in [0, 0.1) is 0 Å². The van der Waals surface area contributed by atoms with Crippen LogP contribution in [0.3, 0.4) is 0 Å². The van der Waals surface area contributed by atoms with Crippen LogP contribution in [0.1, 0.15) is 5.56 Å². The van der Waals surface area contributed by atoms with E-state index in [2.05, 4.69) is 15.0 Å². The zero-order valence-electron chi connectivity index (χ0n) is 16.3. The van der Waals surface area contributed by atoms with E-state index in [1.54, 1.807) is 31.3 Å². The second-order valence-electron chi connectivity index (χ2n) is 5.84. The Morgan fingerprint density at radius 1 is 1.11 bits per heavy atom. The summed E-state index contributed by atoms with van der Waals surface area (Å²) in [7, 11) is 1.64. The van der Waals surface area contributed by atoms with Gasteiger partial charge in [-0.2, -0.15) is 0 Å². The molecule has 0 aliphatic rings. The molecule has 0 heterocycles. The number of likely N-dealkylation sites (N-methyl/N-ethyl adjacent to an activating group) is 1. The highest BCUT2D eigenvalue weighted by Gasteiger charge is 2.11. The van der Waals surface area contributed by atoms with Crippen molar-refractivity contribution in [2.45, 2.75) is 11.4 Å². The van der Waals surface area contributed by atoms with Gasteiger partial charge in [-0.15, -0.1) is 24.0 Å². The number of benzene rings is 2. The predicted molar refractivity (Wildman–Crippen MR) is 123 cm³/mol. The number of hydrogen-bond donors (Lipinski definition) is 2. The van der Waals surface area contributed by atoms with Crippen molar-refractivity contribution < 1.29 is 13.2 Å². The number of nitrogens with one attached hydrogen (secondary N) is 2. The van der Waals surface area contributed by atoms with E-state index >= 15 is 0 Å². The van der Waals surface area contributed by atoms with Gasteiger partial charge >= 0.3 is 0 Å². The number of rotatable bonds is 8. The second kappa shape index (κ2) is 11.9. The lowest BCUT2D eigenvalue weighted by molar-refractivity contribution is 0.281. The van der Waals surface area contributed by atoms with Gasteiger partial charge in [-0.05, 0) is 36.9 Å². The summed E-state index contributed by atoms with van der Waals surface area (Å²) in [6.45, 7) is 1.75. The normalized spacial score (nSPS) is 11.5. The first-order valence-electron chi connectivity index (χ1n) is 8.58. The van der Waals surface area contributed by atoms with E-state index in [0.29, 0.717) is 19.7 Å². The van der Waals surface area contributed by atoms with Crippen LogP contribution in [0.15, 0.2) is 64.5 Å². The van der Waals surface area contributed by atoms with E-state index in [9.17, 15) is 8.42 Å². The fourth-order valence-corrected chi connectivity index (χ4v) is 3.12. The van der Waals surface area contributed by atoms with E-state index in [1.807, 2.05) is 42.3 Å². The first kappa shape index (κ1) is 24.2. The summed E-state index contributed by atoms with van der Waals surface area (Å²) in [4.78, 5) is 6.49. The molecule has 0 aliphatic heterocycles. The molecule has 0 amide bonds. The standard InChI is InChI=1S/C19H26N4O3S.HI/c1-20-19(23(3)13-14-26-17-7-5-4-6-8-17)22-15-16-9-11-18(12-10-16)27(24,25)21-2;/h4-12,21H,13-15H2,1-3H3,(H,20,22);1H. The highest BCUT2D eigenvalue weighted by molar-refractivity contribution is 14.0. The smallest absolute Gasteiger partial charge is 0.240 e. The number of halogens is 1. The number of sulfonamides is 1. The molecule has 0 fully saturated rings. The summed E-state index contributed by atoms with van der Waals surface area (Å²) < 4.78 is 31.5. The molecule has 0 saturated carbocycles. The zero-order valence-corrected chi connectivity index (χ0v) is 19.4. The van der Waals surface area contributed by atoms with Gasteiger partial charge in [0.1, 0.15) is 12.4 Å². The highest BCUT2D eigenvalue weighted by Crippen LogP contribution is 2.10. The fourth-order valence-electron chi connectivity index (χ4n) is 2.39. The van der Waals surface area contributed by atoms with Crippen LogP contribution < -0.4 is 14.8 Å². The van der Waals surface area contributed by atoms with Gasteiger partial charge in [0, 0.05) is 20.6 Å². The summed E-state index contributed by atoms with van der Waals surface area (Å²) in [5.74, 6) is 1.57. The van der Waals surface area contributed by atoms with Gasteiger partial charge in [-0.1, -0.05) is 30.3 Å². The molecule has 7 nitrogen and oxygen atoms in total. The zero-order chi connectivity index (χ0) is 19.7. The van der Waals surface area contributed by atoms with Gasteiger partial charge in [0.15, 0.2) is 5.96 Å². The average molecular weight is 518 g/mol. The average Bonchev–Trinajstić information content (AvgIpc) is 2.69. The quantitative estimate of drug-likeness (QED) is 0.319. The molecule has 0 aliphatic carbocycles. The number of ether oxygens (including phenoxy) is 1. The lowest BCUT2D eigenvalue weighted by atomic mass is 10.2. The van der Waals surface area contributed by atoms with Crippen molar-refractivity contribution in [3.63, 3.8) is 0 Å². The minimum absolute atomic E-state index is 0. The Labute approximate surface area is 184 Å². The Morgan fingerprint density at radius 2 is 1.75 bits per heavy atom. The third-order valence-corrected chi connectivity index (χ3v) is 5.40. The molecule has 0 spiro atoms. The maximum absolute atomic E-state index is 11.8. The summed E-state index contributed by atoms with van der Waals surface area (Å²) in [5.41, 5.74) is 0.958. The molecular weight excluding hydrogens is 491 g/mol. The van der Waals surface area contributed by atoms with Crippen molar-refractivity contribution in [2.75, 3.05) is 34.3 Å². The summed E-state index contributed by atoms with van der Waals surface area (Å²) in [5, 5.41) is 3.26. The molecule has 2 N–H and O–H groups in total. The monoisotopic (exact) mass is 518 g/mol. The minimum atomic E-state index is -3.41. The Kier molecular flexibility index (Phi) is 10.3. The van der Waals surface area contributed by atoms with E-state index in [0.717, 1.165) is 17.3 Å². The first-order chi connectivity index (χ1) is 13.0.